The van der Waals surface area contributed by atoms with Crippen LogP contribution >= 0.6 is 35.3 Å². The number of amides is 2. The summed E-state index contributed by atoms with van der Waals surface area (Å²) >= 11 is 8.09. The third-order valence-electron chi connectivity index (χ3n) is 5.71. The number of carbonyl (C=O) groups excluding carboxylic acids is 3. The van der Waals surface area contributed by atoms with Crippen molar-refractivity contribution in [2.75, 3.05) is 18.5 Å². The zero-order chi connectivity index (χ0) is 24.2. The Bertz CT molecular complexity index is 1170. The maximum Gasteiger partial charge on any atom is 0.341 e. The third kappa shape index (κ3) is 5.42. The third-order valence-corrected chi connectivity index (χ3v) is 8.30. The van der Waals surface area contributed by atoms with Crippen LogP contribution in [0, 0.1) is 6.92 Å². The van der Waals surface area contributed by atoms with Gasteiger partial charge in [-0.05, 0) is 56.7 Å². The Morgan fingerprint density at radius 1 is 1.21 bits per heavy atom. The lowest BCUT2D eigenvalue weighted by Crippen LogP contribution is -2.31. The molecule has 0 spiro atoms. The Balaban J connectivity index is 1.42. The highest BCUT2D eigenvalue weighted by atomic mass is 32.2. The standard InChI is InChI=1S/C25H26N2O4S3/c1-3-31-24(30)21-17-6-4-5-7-18(17)33-22(21)26-20(28)12-13-27-23(29)19(34-25(27)32)14-16-10-8-15(2)9-11-16/h8-11,14H,3-7,12-13H2,1-2H3,(H,26,28)/b19-14-. The number of nitrogens with zero attached hydrogens (tertiary/aromatic N) is 1. The van der Waals surface area contributed by atoms with Crippen molar-refractivity contribution < 1.29 is 19.1 Å². The Labute approximate surface area is 212 Å². The second-order valence-corrected chi connectivity index (χ2v) is 11.0. The molecule has 4 rings (SSSR count). The summed E-state index contributed by atoms with van der Waals surface area (Å²) in [5.74, 6) is -0.849. The maximum atomic E-state index is 12.9. The molecule has 2 heterocycles. The molecule has 2 aromatic rings. The highest BCUT2D eigenvalue weighted by molar-refractivity contribution is 8.26. The van der Waals surface area contributed by atoms with Crippen molar-refractivity contribution in [3.05, 3.63) is 56.3 Å². The minimum atomic E-state index is -0.393. The molecule has 178 valence electrons. The molecule has 0 bridgehead atoms. The van der Waals surface area contributed by atoms with Gasteiger partial charge in [0.1, 0.15) is 9.32 Å². The number of fused-ring (bicyclic) bond motifs is 1. The number of benzene rings is 1. The molecule has 6 nitrogen and oxygen atoms in total. The number of hydrogen-bond acceptors (Lipinski definition) is 7. The largest absolute Gasteiger partial charge is 0.462 e. The van der Waals surface area contributed by atoms with E-state index in [0.717, 1.165) is 47.3 Å². The Morgan fingerprint density at radius 2 is 1.94 bits per heavy atom. The summed E-state index contributed by atoms with van der Waals surface area (Å²) in [6.45, 7) is 4.24. The van der Waals surface area contributed by atoms with Gasteiger partial charge in [0.15, 0.2) is 0 Å². The number of esters is 1. The van der Waals surface area contributed by atoms with E-state index in [2.05, 4.69) is 5.32 Å². The fourth-order valence-electron chi connectivity index (χ4n) is 3.98. The summed E-state index contributed by atoms with van der Waals surface area (Å²) in [5, 5.41) is 3.43. The van der Waals surface area contributed by atoms with E-state index in [1.807, 2.05) is 37.3 Å². The Morgan fingerprint density at radius 3 is 2.68 bits per heavy atom. The van der Waals surface area contributed by atoms with Crippen molar-refractivity contribution in [3.63, 3.8) is 0 Å². The van der Waals surface area contributed by atoms with Crippen LogP contribution in [0.15, 0.2) is 29.2 Å². The van der Waals surface area contributed by atoms with E-state index < -0.39 is 5.97 Å². The molecule has 1 N–H and O–H groups in total. The van der Waals surface area contributed by atoms with Crippen LogP contribution in [0.5, 0.6) is 0 Å². The van der Waals surface area contributed by atoms with Gasteiger partial charge in [-0.15, -0.1) is 11.3 Å². The molecule has 9 heteroatoms. The van der Waals surface area contributed by atoms with Gasteiger partial charge in [-0.3, -0.25) is 14.5 Å². The van der Waals surface area contributed by atoms with Gasteiger partial charge < -0.3 is 10.1 Å². The molecular weight excluding hydrogens is 488 g/mol. The van der Waals surface area contributed by atoms with Crippen LogP contribution in [-0.4, -0.2) is 40.2 Å². The van der Waals surface area contributed by atoms with E-state index in [1.165, 1.54) is 28.0 Å². The normalized spacial score (nSPS) is 16.6. The number of aryl methyl sites for hydroxylation is 2. The molecule has 2 aliphatic rings. The van der Waals surface area contributed by atoms with Crippen molar-refractivity contribution >= 4 is 68.5 Å². The molecule has 1 fully saturated rings. The summed E-state index contributed by atoms with van der Waals surface area (Å²) in [6.07, 6.45) is 5.73. The van der Waals surface area contributed by atoms with Crippen LogP contribution in [-0.2, 0) is 27.2 Å². The number of hydrogen-bond donors (Lipinski definition) is 1. The zero-order valence-corrected chi connectivity index (χ0v) is 21.6. The Kier molecular flexibility index (Phi) is 7.85. The minimum absolute atomic E-state index is 0.0785. The van der Waals surface area contributed by atoms with Crippen molar-refractivity contribution in [1.82, 2.24) is 4.90 Å². The fourth-order valence-corrected chi connectivity index (χ4v) is 6.58. The molecule has 1 aliphatic heterocycles. The molecule has 1 aromatic heterocycles. The predicted molar refractivity (Wildman–Crippen MR) is 141 cm³/mol. The first-order valence-electron chi connectivity index (χ1n) is 11.3. The number of rotatable bonds is 7. The van der Waals surface area contributed by atoms with E-state index in [1.54, 1.807) is 6.92 Å². The van der Waals surface area contributed by atoms with Crippen LogP contribution in [0.4, 0.5) is 5.00 Å². The summed E-state index contributed by atoms with van der Waals surface area (Å²) < 4.78 is 5.69. The van der Waals surface area contributed by atoms with Crippen molar-refractivity contribution in [1.29, 1.82) is 0 Å². The maximum absolute atomic E-state index is 12.9. The van der Waals surface area contributed by atoms with Gasteiger partial charge in [-0.25, -0.2) is 4.79 Å². The average molecular weight is 515 g/mol. The zero-order valence-electron chi connectivity index (χ0n) is 19.1. The molecule has 0 atom stereocenters. The lowest BCUT2D eigenvalue weighted by molar-refractivity contribution is -0.122. The van der Waals surface area contributed by atoms with Gasteiger partial charge in [0.2, 0.25) is 5.91 Å². The molecule has 1 aromatic carbocycles. The van der Waals surface area contributed by atoms with Crippen LogP contribution in [0.1, 0.15) is 58.1 Å². The van der Waals surface area contributed by atoms with Gasteiger partial charge in [-0.2, -0.15) is 0 Å². The summed E-state index contributed by atoms with van der Waals surface area (Å²) in [4.78, 5) is 41.4. The predicted octanol–water partition coefficient (Wildman–Crippen LogP) is 5.34. The van der Waals surface area contributed by atoms with Gasteiger partial charge in [0, 0.05) is 17.8 Å². The number of carbonyl (C=O) groups is 3. The van der Waals surface area contributed by atoms with Crippen LogP contribution in [0.2, 0.25) is 0 Å². The number of thiocarbonyl (C=S) groups is 1. The molecule has 0 saturated carbocycles. The number of thiophene rings is 1. The van der Waals surface area contributed by atoms with E-state index in [0.29, 0.717) is 19.8 Å². The van der Waals surface area contributed by atoms with Crippen molar-refractivity contribution in [3.8, 4) is 0 Å². The smallest absolute Gasteiger partial charge is 0.341 e. The molecular formula is C25H26N2O4S3. The first-order chi connectivity index (χ1) is 16.4. The molecule has 1 aliphatic carbocycles. The van der Waals surface area contributed by atoms with Crippen LogP contribution in [0.3, 0.4) is 0 Å². The summed E-state index contributed by atoms with van der Waals surface area (Å²) in [5.41, 5.74) is 3.56. The van der Waals surface area contributed by atoms with Gasteiger partial charge in [0.25, 0.3) is 5.91 Å². The fraction of sp³-hybridized carbons (Fsp3) is 0.360. The van der Waals surface area contributed by atoms with Crippen LogP contribution < -0.4 is 5.32 Å². The topological polar surface area (TPSA) is 75.7 Å². The molecule has 1 saturated heterocycles. The average Bonchev–Trinajstić information content (AvgIpc) is 3.30. The first kappa shape index (κ1) is 24.6. The van der Waals surface area contributed by atoms with E-state index >= 15 is 0 Å². The van der Waals surface area contributed by atoms with Crippen molar-refractivity contribution in [2.24, 2.45) is 0 Å². The molecule has 0 radical (unpaired) electrons. The lowest BCUT2D eigenvalue weighted by Gasteiger charge is -2.14. The van der Waals surface area contributed by atoms with Gasteiger partial charge in [-0.1, -0.05) is 53.8 Å². The molecule has 0 unspecified atom stereocenters. The summed E-state index contributed by atoms with van der Waals surface area (Å²) in [7, 11) is 0. The van der Waals surface area contributed by atoms with Crippen LogP contribution in [0.25, 0.3) is 6.08 Å². The van der Waals surface area contributed by atoms with Gasteiger partial charge in [0.05, 0.1) is 17.1 Å². The minimum Gasteiger partial charge on any atom is -0.462 e. The lowest BCUT2D eigenvalue weighted by atomic mass is 9.95. The second kappa shape index (κ2) is 10.8. The number of ether oxygens (including phenoxy) is 1. The number of thioether (sulfide) groups is 1. The molecule has 2 amide bonds. The number of anilines is 1. The van der Waals surface area contributed by atoms with Gasteiger partial charge >= 0.3 is 5.97 Å². The highest BCUT2D eigenvalue weighted by Crippen LogP contribution is 2.39. The SMILES string of the molecule is CCOC(=O)c1c(NC(=O)CCN2C(=O)/C(=C/c3ccc(C)cc3)SC2=S)sc2c1CCCC2. The number of nitrogens with one attached hydrogen (secondary N) is 1. The van der Waals surface area contributed by atoms with Crippen molar-refractivity contribution in [2.45, 2.75) is 46.0 Å². The quantitative estimate of drug-likeness (QED) is 0.305. The monoisotopic (exact) mass is 514 g/mol. The second-order valence-electron chi connectivity index (χ2n) is 8.18. The first-order valence-corrected chi connectivity index (χ1v) is 13.3. The van der Waals surface area contributed by atoms with E-state index in [9.17, 15) is 14.4 Å². The van der Waals surface area contributed by atoms with E-state index in [4.69, 9.17) is 17.0 Å². The molecule has 34 heavy (non-hydrogen) atoms. The highest BCUT2D eigenvalue weighted by Gasteiger charge is 2.32. The van der Waals surface area contributed by atoms with E-state index in [-0.39, 0.29) is 31.4 Å². The summed E-state index contributed by atoms with van der Waals surface area (Å²) in [6, 6.07) is 7.89. The Hall–Kier alpha value is -2.49.